The van der Waals surface area contributed by atoms with Crippen molar-refractivity contribution < 1.29 is 23.8 Å². The van der Waals surface area contributed by atoms with Crippen molar-refractivity contribution >= 4 is 29.6 Å². The molecule has 0 radical (unpaired) electrons. The van der Waals surface area contributed by atoms with E-state index in [0.29, 0.717) is 36.5 Å². The number of nitrogens with two attached hydrogens (primary N) is 1. The fourth-order valence-corrected chi connectivity index (χ4v) is 4.66. The summed E-state index contributed by atoms with van der Waals surface area (Å²) >= 11 is 0. The number of nitrogens with zero attached hydrogens (tertiary/aromatic N) is 2. The van der Waals surface area contributed by atoms with Crippen LogP contribution >= 0.6 is 12.4 Å². The number of fused-ring (bicyclic) bond motifs is 1. The first kappa shape index (κ1) is 21.0. The lowest BCUT2D eigenvalue weighted by Gasteiger charge is -2.26. The lowest BCUT2D eigenvalue weighted by molar-refractivity contribution is -0.147. The van der Waals surface area contributed by atoms with Gasteiger partial charge in [-0.2, -0.15) is 0 Å². The first-order chi connectivity index (χ1) is 13.8. The fraction of sp³-hybridized carbons (Fsp3) is 0.500. The van der Waals surface area contributed by atoms with Crippen molar-refractivity contribution in [3.63, 3.8) is 0 Å². The van der Waals surface area contributed by atoms with Crippen LogP contribution in [0.4, 0.5) is 10.1 Å². The van der Waals surface area contributed by atoms with E-state index in [1.54, 1.807) is 11.8 Å². The number of halogens is 2. The van der Waals surface area contributed by atoms with Crippen LogP contribution < -0.4 is 16.2 Å². The Morgan fingerprint density at radius 3 is 2.60 bits per heavy atom. The van der Waals surface area contributed by atoms with Gasteiger partial charge in [-0.3, -0.25) is 9.20 Å². The molecule has 10 heteroatoms. The maximum atomic E-state index is 15.2. The summed E-state index contributed by atoms with van der Waals surface area (Å²) in [6.45, 7) is 3.29. The largest absolute Gasteiger partial charge is 0.477 e. The van der Waals surface area contributed by atoms with Crippen molar-refractivity contribution in [3.05, 3.63) is 45.1 Å². The van der Waals surface area contributed by atoms with E-state index in [1.807, 2.05) is 0 Å². The van der Waals surface area contributed by atoms with Crippen molar-refractivity contribution in [2.45, 2.75) is 37.5 Å². The molecule has 3 aliphatic rings. The molecule has 30 heavy (non-hydrogen) atoms. The number of aromatic carboxylic acids is 1. The number of ether oxygens (including phenoxy) is 2. The molecular weight excluding hydrogens is 417 g/mol. The predicted molar refractivity (Wildman–Crippen MR) is 109 cm³/mol. The van der Waals surface area contributed by atoms with E-state index in [-0.39, 0.29) is 30.4 Å². The van der Waals surface area contributed by atoms with Crippen LogP contribution in [0.5, 0.6) is 0 Å². The summed E-state index contributed by atoms with van der Waals surface area (Å²) < 4.78 is 27.8. The zero-order chi connectivity index (χ0) is 20.5. The van der Waals surface area contributed by atoms with Crippen LogP contribution in [0.2, 0.25) is 0 Å². The summed E-state index contributed by atoms with van der Waals surface area (Å²) in [4.78, 5) is 26.0. The SMILES string of the molecule is Cc1c(N2CC(N)C3(C2)OCCO3)c(F)cn2c(=O)c(C(=O)O)cc(C3CC3)c12.Cl. The van der Waals surface area contributed by atoms with Gasteiger partial charge in [-0.25, -0.2) is 9.18 Å². The van der Waals surface area contributed by atoms with Crippen molar-refractivity contribution in [1.29, 1.82) is 0 Å². The number of aromatic nitrogens is 1. The van der Waals surface area contributed by atoms with Crippen LogP contribution in [0.3, 0.4) is 0 Å². The van der Waals surface area contributed by atoms with Crippen LogP contribution in [-0.4, -0.2) is 53.6 Å². The molecule has 5 rings (SSSR count). The number of rotatable bonds is 3. The van der Waals surface area contributed by atoms with E-state index in [2.05, 4.69) is 0 Å². The van der Waals surface area contributed by atoms with Gasteiger partial charge in [0, 0.05) is 6.54 Å². The molecule has 1 unspecified atom stereocenters. The quantitative estimate of drug-likeness (QED) is 0.748. The summed E-state index contributed by atoms with van der Waals surface area (Å²) in [6, 6.07) is 1.02. The summed E-state index contributed by atoms with van der Waals surface area (Å²) in [6.07, 6.45) is 2.92. The molecule has 3 N–H and O–H groups in total. The highest BCUT2D eigenvalue weighted by atomic mass is 35.5. The minimum Gasteiger partial charge on any atom is -0.477 e. The molecule has 2 saturated heterocycles. The van der Waals surface area contributed by atoms with Gasteiger partial charge in [-0.05, 0) is 42.9 Å². The molecule has 8 nitrogen and oxygen atoms in total. The number of carboxylic acid groups (broad SMARTS) is 1. The second kappa shape index (κ2) is 7.19. The van der Waals surface area contributed by atoms with Crippen LogP contribution in [0.25, 0.3) is 5.52 Å². The van der Waals surface area contributed by atoms with Gasteiger partial charge in [0.2, 0.25) is 5.79 Å². The van der Waals surface area contributed by atoms with Crippen LogP contribution in [0, 0.1) is 12.7 Å². The van der Waals surface area contributed by atoms with E-state index in [4.69, 9.17) is 15.2 Å². The molecule has 0 amide bonds. The van der Waals surface area contributed by atoms with Crippen molar-refractivity contribution in [3.8, 4) is 0 Å². The second-order valence-corrected chi connectivity index (χ2v) is 8.06. The monoisotopic (exact) mass is 439 g/mol. The van der Waals surface area contributed by atoms with E-state index in [9.17, 15) is 14.7 Å². The molecule has 2 aromatic rings. The van der Waals surface area contributed by atoms with Crippen molar-refractivity contribution in [2.24, 2.45) is 5.73 Å². The van der Waals surface area contributed by atoms with Gasteiger partial charge >= 0.3 is 5.97 Å². The minimum absolute atomic E-state index is 0. The summed E-state index contributed by atoms with van der Waals surface area (Å²) in [5.74, 6) is -2.69. The number of aryl methyl sites for hydroxylation is 1. The summed E-state index contributed by atoms with van der Waals surface area (Å²) in [5.41, 5.74) is 7.45. The lowest BCUT2D eigenvalue weighted by atomic mass is 10.0. The molecule has 3 fully saturated rings. The number of pyridine rings is 2. The molecular formula is C20H23ClFN3O5. The molecule has 2 aromatic heterocycles. The minimum atomic E-state index is -1.31. The van der Waals surface area contributed by atoms with E-state index in [0.717, 1.165) is 29.0 Å². The van der Waals surface area contributed by atoms with Gasteiger partial charge in [0.15, 0.2) is 5.82 Å². The molecule has 1 atom stereocenters. The number of hydrogen-bond donors (Lipinski definition) is 2. The summed E-state index contributed by atoms with van der Waals surface area (Å²) in [5, 5.41) is 9.41. The maximum absolute atomic E-state index is 15.2. The summed E-state index contributed by atoms with van der Waals surface area (Å²) in [7, 11) is 0. The second-order valence-electron chi connectivity index (χ2n) is 8.06. The Kier molecular flexibility index (Phi) is 5.05. The first-order valence-electron chi connectivity index (χ1n) is 9.72. The Labute approximate surface area is 177 Å². The average molecular weight is 440 g/mol. The third-order valence-corrected chi connectivity index (χ3v) is 6.18. The molecule has 1 spiro atoms. The van der Waals surface area contributed by atoms with Crippen molar-refractivity contribution in [2.75, 3.05) is 31.2 Å². The van der Waals surface area contributed by atoms with Gasteiger partial charge in [0.1, 0.15) is 5.56 Å². The molecule has 0 aromatic carbocycles. The van der Waals surface area contributed by atoms with Gasteiger partial charge in [-0.1, -0.05) is 0 Å². The Morgan fingerprint density at radius 1 is 1.33 bits per heavy atom. The van der Waals surface area contributed by atoms with Crippen LogP contribution in [-0.2, 0) is 9.47 Å². The van der Waals surface area contributed by atoms with E-state index in [1.165, 1.54) is 6.07 Å². The number of carboxylic acids is 1. The predicted octanol–water partition coefficient (Wildman–Crippen LogP) is 1.63. The number of carbonyl (C=O) groups is 1. The van der Waals surface area contributed by atoms with Gasteiger partial charge in [0.05, 0.1) is 43.2 Å². The van der Waals surface area contributed by atoms with Gasteiger partial charge < -0.3 is 25.2 Å². The lowest BCUT2D eigenvalue weighted by Crippen LogP contribution is -2.47. The molecule has 2 aliphatic heterocycles. The normalized spacial score (nSPS) is 22.6. The third-order valence-electron chi connectivity index (χ3n) is 6.18. The first-order valence-corrected chi connectivity index (χ1v) is 9.72. The van der Waals surface area contributed by atoms with E-state index >= 15 is 4.39 Å². The average Bonchev–Trinajstić information content (AvgIpc) is 3.32. The number of hydrogen-bond acceptors (Lipinski definition) is 6. The Balaban J connectivity index is 0.00000218. The highest BCUT2D eigenvalue weighted by Gasteiger charge is 2.50. The van der Waals surface area contributed by atoms with Crippen LogP contribution in [0.1, 0.15) is 40.2 Å². The maximum Gasteiger partial charge on any atom is 0.341 e. The fourth-order valence-electron chi connectivity index (χ4n) is 4.66. The number of anilines is 1. The zero-order valence-corrected chi connectivity index (χ0v) is 17.2. The molecule has 4 heterocycles. The van der Waals surface area contributed by atoms with Crippen molar-refractivity contribution in [1.82, 2.24) is 4.40 Å². The Hall–Kier alpha value is -2.20. The third kappa shape index (κ3) is 2.99. The molecule has 0 bridgehead atoms. The zero-order valence-electron chi connectivity index (χ0n) is 16.4. The molecule has 162 valence electrons. The van der Waals surface area contributed by atoms with Gasteiger partial charge in [0.25, 0.3) is 5.56 Å². The topological polar surface area (TPSA) is 106 Å². The van der Waals surface area contributed by atoms with Gasteiger partial charge in [-0.15, -0.1) is 12.4 Å². The van der Waals surface area contributed by atoms with Crippen LogP contribution in [0.15, 0.2) is 17.1 Å². The highest BCUT2D eigenvalue weighted by molar-refractivity contribution is 5.89. The standard InChI is InChI=1S/C20H22FN3O5.ClH/c1-10-16-12(11-2-3-11)6-13(19(26)27)18(25)24(16)7-14(21)17(10)23-8-15(22)20(9-23)28-4-5-29-20;/h6-7,11,15H,2-5,8-9,22H2,1H3,(H,26,27);1H. The molecule has 1 aliphatic carbocycles. The van der Waals surface area contributed by atoms with E-state index < -0.39 is 29.2 Å². The smallest absolute Gasteiger partial charge is 0.341 e. The Morgan fingerprint density at radius 2 is 2.00 bits per heavy atom. The highest BCUT2D eigenvalue weighted by Crippen LogP contribution is 2.44. The molecule has 1 saturated carbocycles. The Bertz CT molecular complexity index is 1090.